The van der Waals surface area contributed by atoms with Crippen LogP contribution >= 0.6 is 0 Å². The fourth-order valence-corrected chi connectivity index (χ4v) is 12.9. The Morgan fingerprint density at radius 3 is 1.61 bits per heavy atom. The molecule has 0 bridgehead atoms. The molecule has 0 rings (SSSR count). The van der Waals surface area contributed by atoms with Crippen LogP contribution in [0, 0.1) is 0 Å². The van der Waals surface area contributed by atoms with Crippen molar-refractivity contribution in [3.63, 3.8) is 0 Å². The maximum absolute atomic E-state index is 11.4. The Morgan fingerprint density at radius 2 is 1.35 bits per heavy atom. The summed E-state index contributed by atoms with van der Waals surface area (Å²) in [6, 6.07) is 0. The first-order chi connectivity index (χ1) is 9.89. The van der Waals surface area contributed by atoms with Gasteiger partial charge in [0.05, 0.1) is 18.5 Å². The Hall–Kier alpha value is 0.681. The molecule has 0 spiro atoms. The van der Waals surface area contributed by atoms with E-state index in [1.165, 1.54) is 0 Å². The minimum atomic E-state index is -2.30. The van der Waals surface area contributed by atoms with E-state index in [0.29, 0.717) is 0 Å². The Balaban J connectivity index is 5.74. The Morgan fingerprint density at radius 1 is 0.913 bits per heavy atom. The lowest BCUT2D eigenvalue weighted by Gasteiger charge is -2.52. The van der Waals surface area contributed by atoms with Crippen LogP contribution in [0.5, 0.6) is 0 Å². The van der Waals surface area contributed by atoms with Crippen molar-refractivity contribution >= 4 is 35.8 Å². The molecule has 0 N–H and O–H groups in total. The van der Waals surface area contributed by atoms with Gasteiger partial charge in [0.1, 0.15) is 0 Å². The molecule has 0 aromatic heterocycles. The fourth-order valence-electron chi connectivity index (χ4n) is 2.59. The first-order valence-corrected chi connectivity index (χ1v) is 19.4. The summed E-state index contributed by atoms with van der Waals surface area (Å²) in [7, 11) is -5.90. The minimum Gasteiger partial charge on any atom is -0.772 e. The molecule has 0 aliphatic carbocycles. The van der Waals surface area contributed by atoms with Crippen molar-refractivity contribution in [2.45, 2.75) is 90.0 Å². The van der Waals surface area contributed by atoms with Crippen LogP contribution in [0.25, 0.3) is 0 Å². The average Bonchev–Trinajstić information content (AvgIpc) is 2.22. The van der Waals surface area contributed by atoms with Crippen molar-refractivity contribution in [3.05, 3.63) is 0 Å². The van der Waals surface area contributed by atoms with Crippen LogP contribution in [0.3, 0.4) is 0 Å². The van der Waals surface area contributed by atoms with Crippen molar-refractivity contribution in [3.8, 4) is 0 Å². The zero-order chi connectivity index (χ0) is 18.9. The van der Waals surface area contributed by atoms with Crippen LogP contribution in [0.1, 0.15) is 27.2 Å². The van der Waals surface area contributed by atoms with Crippen LogP contribution in [-0.2, 0) is 19.9 Å². The van der Waals surface area contributed by atoms with E-state index in [-0.39, 0.29) is 11.0 Å². The standard InChI is InChI=1S/C15H38O4SSi3/c1-12-14(2,18-22(7,8)9)23(10,11)19-15(3,13-20(16)17)21(4,5)6/h12-13H2,1-11H3,(H,16,17)/p-1/t14-,15?/m1/s1. The van der Waals surface area contributed by atoms with Crippen molar-refractivity contribution < 1.29 is 17.6 Å². The van der Waals surface area contributed by atoms with E-state index in [1.54, 1.807) is 0 Å². The molecule has 0 saturated heterocycles. The smallest absolute Gasteiger partial charge is 0.216 e. The van der Waals surface area contributed by atoms with E-state index in [2.05, 4.69) is 66.2 Å². The topological polar surface area (TPSA) is 58.6 Å². The molecule has 3 atom stereocenters. The van der Waals surface area contributed by atoms with Gasteiger partial charge in [-0.3, -0.25) is 4.21 Å². The molecule has 23 heavy (non-hydrogen) atoms. The lowest BCUT2D eigenvalue weighted by molar-refractivity contribution is 0.0869. The van der Waals surface area contributed by atoms with E-state index in [1.807, 2.05) is 6.92 Å². The summed E-state index contributed by atoms with van der Waals surface area (Å²) >= 11 is -2.11. The van der Waals surface area contributed by atoms with E-state index in [4.69, 9.17) is 8.85 Å². The fraction of sp³-hybridized carbons (Fsp3) is 1.00. The van der Waals surface area contributed by atoms with Gasteiger partial charge < -0.3 is 13.4 Å². The predicted octanol–water partition coefficient (Wildman–Crippen LogP) is 4.28. The third-order valence-electron chi connectivity index (χ3n) is 4.94. The molecule has 4 nitrogen and oxygen atoms in total. The second-order valence-corrected chi connectivity index (χ2v) is 24.5. The molecule has 0 radical (unpaired) electrons. The Bertz CT molecular complexity index is 431. The van der Waals surface area contributed by atoms with E-state index >= 15 is 0 Å². The zero-order valence-electron chi connectivity index (χ0n) is 17.0. The van der Waals surface area contributed by atoms with Crippen LogP contribution in [-0.4, -0.2) is 49.7 Å². The summed E-state index contributed by atoms with van der Waals surface area (Å²) in [5.41, 5.74) is 0. The van der Waals surface area contributed by atoms with Gasteiger partial charge in [-0.05, 0) is 53.0 Å². The van der Waals surface area contributed by atoms with E-state index < -0.39 is 41.0 Å². The first-order valence-electron chi connectivity index (χ1n) is 8.35. The largest absolute Gasteiger partial charge is 0.772 e. The first kappa shape index (κ1) is 23.7. The predicted molar refractivity (Wildman–Crippen MR) is 107 cm³/mol. The molecule has 0 heterocycles. The highest BCUT2D eigenvalue weighted by atomic mass is 32.2. The van der Waals surface area contributed by atoms with Crippen molar-refractivity contribution in [2.75, 3.05) is 5.75 Å². The molecular formula is C15H37O4SSi3-. The van der Waals surface area contributed by atoms with Gasteiger partial charge in [-0.1, -0.05) is 37.6 Å². The van der Waals surface area contributed by atoms with E-state index in [0.717, 1.165) is 6.42 Å². The third kappa shape index (κ3) is 6.48. The maximum Gasteiger partial charge on any atom is 0.216 e. The minimum absolute atomic E-state index is 0.0614. The summed E-state index contributed by atoms with van der Waals surface area (Å²) in [5.74, 6) is 0.0614. The van der Waals surface area contributed by atoms with Crippen LogP contribution in [0.15, 0.2) is 0 Å². The second kappa shape index (κ2) is 7.51. The number of rotatable bonds is 9. The Kier molecular flexibility index (Phi) is 7.73. The van der Waals surface area contributed by atoms with Gasteiger partial charge in [-0.25, -0.2) is 0 Å². The van der Waals surface area contributed by atoms with Crippen molar-refractivity contribution in [2.24, 2.45) is 0 Å². The SMILES string of the molecule is CC[C@](C)(O[Si](C)(C)C)[Si](C)(C)OC(C)(CS(=O)[O-])[Si](C)(C)C. The van der Waals surface area contributed by atoms with Gasteiger partial charge in [0.2, 0.25) is 8.32 Å². The molecule has 0 aromatic carbocycles. The molecule has 0 aliphatic heterocycles. The van der Waals surface area contributed by atoms with Gasteiger partial charge in [0.25, 0.3) is 0 Å². The molecule has 0 amide bonds. The van der Waals surface area contributed by atoms with Crippen molar-refractivity contribution in [1.82, 2.24) is 0 Å². The van der Waals surface area contributed by atoms with Gasteiger partial charge in [-0.15, -0.1) is 0 Å². The monoisotopic (exact) mass is 397 g/mol. The molecule has 0 aromatic rings. The molecule has 8 heteroatoms. The highest BCUT2D eigenvalue weighted by Crippen LogP contribution is 2.38. The molecule has 0 fully saturated rings. The zero-order valence-corrected chi connectivity index (χ0v) is 20.8. The highest BCUT2D eigenvalue weighted by Gasteiger charge is 2.53. The quantitative estimate of drug-likeness (QED) is 0.430. The molecule has 2 unspecified atom stereocenters. The van der Waals surface area contributed by atoms with E-state index in [9.17, 15) is 8.76 Å². The van der Waals surface area contributed by atoms with Crippen LogP contribution < -0.4 is 0 Å². The summed E-state index contributed by atoms with van der Waals surface area (Å²) in [6.45, 7) is 23.7. The average molecular weight is 398 g/mol. The molecular weight excluding hydrogens is 360 g/mol. The number of hydrogen-bond acceptors (Lipinski definition) is 4. The van der Waals surface area contributed by atoms with Gasteiger partial charge >= 0.3 is 0 Å². The molecule has 140 valence electrons. The summed E-state index contributed by atoms with van der Waals surface area (Å²) < 4.78 is 36.1. The van der Waals surface area contributed by atoms with Gasteiger partial charge in [-0.2, -0.15) is 0 Å². The lowest BCUT2D eigenvalue weighted by atomic mass is 10.3. The van der Waals surface area contributed by atoms with Crippen molar-refractivity contribution in [1.29, 1.82) is 0 Å². The number of hydrogen-bond donors (Lipinski definition) is 0. The maximum atomic E-state index is 11.4. The van der Waals surface area contributed by atoms with Gasteiger partial charge in [0.15, 0.2) is 8.32 Å². The highest BCUT2D eigenvalue weighted by molar-refractivity contribution is 7.79. The van der Waals surface area contributed by atoms with Crippen LogP contribution in [0.4, 0.5) is 0 Å². The van der Waals surface area contributed by atoms with Crippen LogP contribution in [0.2, 0.25) is 52.4 Å². The summed E-state index contributed by atoms with van der Waals surface area (Å²) in [6.07, 6.45) is 0.874. The Labute approximate surface area is 149 Å². The summed E-state index contributed by atoms with van der Waals surface area (Å²) in [5, 5.41) is -0.919. The molecule has 0 aliphatic rings. The second-order valence-electron chi connectivity index (χ2n) is 9.34. The normalized spacial score (nSPS) is 20.7. The lowest BCUT2D eigenvalue weighted by Crippen LogP contribution is -2.67. The van der Waals surface area contributed by atoms with Gasteiger partial charge in [0, 0.05) is 5.75 Å². The summed E-state index contributed by atoms with van der Waals surface area (Å²) in [4.78, 5) is 0. The molecule has 0 saturated carbocycles. The third-order valence-corrected chi connectivity index (χ3v) is 14.9.